The molecule has 0 saturated carbocycles. The van der Waals surface area contributed by atoms with Crippen molar-refractivity contribution in [1.29, 1.82) is 0 Å². The zero-order chi connectivity index (χ0) is 13.2. The molecule has 0 aliphatic heterocycles. The van der Waals surface area contributed by atoms with Crippen molar-refractivity contribution in [2.75, 3.05) is 0 Å². The molecule has 2 aromatic heterocycles. The van der Waals surface area contributed by atoms with E-state index in [0.29, 0.717) is 18.1 Å². The van der Waals surface area contributed by atoms with E-state index >= 15 is 0 Å². The summed E-state index contributed by atoms with van der Waals surface area (Å²) in [6, 6.07) is 7.63. The van der Waals surface area contributed by atoms with Gasteiger partial charge in [0.2, 0.25) is 0 Å². The lowest BCUT2D eigenvalue weighted by atomic mass is 10.3. The summed E-state index contributed by atoms with van der Waals surface area (Å²) in [5.41, 5.74) is 2.41. The van der Waals surface area contributed by atoms with E-state index in [2.05, 4.69) is 14.6 Å². The molecule has 0 aliphatic rings. The first-order valence-corrected chi connectivity index (χ1v) is 6.54. The van der Waals surface area contributed by atoms with Crippen LogP contribution in [0, 0.1) is 0 Å². The minimum absolute atomic E-state index is 0.0465. The van der Waals surface area contributed by atoms with Gasteiger partial charge in [-0.05, 0) is 23.7 Å². The summed E-state index contributed by atoms with van der Waals surface area (Å²) in [6.07, 6.45) is 0.0465. The molecule has 19 heavy (non-hydrogen) atoms. The number of fused-ring (bicyclic) bond motifs is 1. The molecule has 0 amide bonds. The van der Waals surface area contributed by atoms with Crippen molar-refractivity contribution in [3.05, 3.63) is 29.6 Å². The number of aryl methyl sites for hydroxylation is 1. The van der Waals surface area contributed by atoms with Gasteiger partial charge in [-0.1, -0.05) is 16.6 Å². The molecule has 7 heteroatoms. The Balaban J connectivity index is 2.14. The maximum absolute atomic E-state index is 10.8. The monoisotopic (exact) mass is 274 g/mol. The van der Waals surface area contributed by atoms with Crippen LogP contribution in [0.1, 0.15) is 6.42 Å². The number of aliphatic carboxylic acids is 1. The Morgan fingerprint density at radius 1 is 1.37 bits per heavy atom. The van der Waals surface area contributed by atoms with Crippen LogP contribution in [0.25, 0.3) is 22.6 Å². The number of benzene rings is 1. The summed E-state index contributed by atoms with van der Waals surface area (Å²) >= 11 is 1.25. The second kappa shape index (κ2) is 4.77. The molecule has 6 nitrogen and oxygen atoms in total. The van der Waals surface area contributed by atoms with Gasteiger partial charge in [-0.15, -0.1) is 5.10 Å². The van der Waals surface area contributed by atoms with Gasteiger partial charge in [-0.2, -0.15) is 0 Å². The maximum atomic E-state index is 10.8. The van der Waals surface area contributed by atoms with E-state index in [1.807, 2.05) is 28.8 Å². The topological polar surface area (TPSA) is 80.9 Å². The standard InChI is InChI=1S/C12H10N4O2S/c17-11(18)5-6-16-10-4-2-1-3-8(10)13-12(16)9-7-19-15-14-9/h1-4,7H,5-6H2,(H,17,18). The van der Waals surface area contributed by atoms with Crippen molar-refractivity contribution in [2.24, 2.45) is 0 Å². The van der Waals surface area contributed by atoms with Gasteiger partial charge in [0.05, 0.1) is 17.5 Å². The lowest BCUT2D eigenvalue weighted by Crippen LogP contribution is -2.06. The Bertz CT molecular complexity index is 720. The third-order valence-electron chi connectivity index (χ3n) is 2.79. The highest BCUT2D eigenvalue weighted by molar-refractivity contribution is 7.03. The molecule has 0 fully saturated rings. The first-order valence-electron chi connectivity index (χ1n) is 5.70. The molecule has 1 N–H and O–H groups in total. The highest BCUT2D eigenvalue weighted by Crippen LogP contribution is 2.24. The molecule has 96 valence electrons. The van der Waals surface area contributed by atoms with Crippen LogP contribution in [-0.4, -0.2) is 30.2 Å². The Morgan fingerprint density at radius 3 is 2.95 bits per heavy atom. The van der Waals surface area contributed by atoms with Crippen molar-refractivity contribution >= 4 is 28.5 Å². The van der Waals surface area contributed by atoms with Gasteiger partial charge in [0, 0.05) is 11.9 Å². The number of aromatic nitrogens is 4. The van der Waals surface area contributed by atoms with Gasteiger partial charge in [-0.3, -0.25) is 4.79 Å². The van der Waals surface area contributed by atoms with Gasteiger partial charge in [-0.25, -0.2) is 4.98 Å². The minimum Gasteiger partial charge on any atom is -0.481 e. The van der Waals surface area contributed by atoms with Gasteiger partial charge in [0.25, 0.3) is 0 Å². The van der Waals surface area contributed by atoms with Crippen molar-refractivity contribution in [2.45, 2.75) is 13.0 Å². The number of para-hydroxylation sites is 2. The van der Waals surface area contributed by atoms with Crippen LogP contribution in [0.4, 0.5) is 0 Å². The molecule has 0 atom stereocenters. The van der Waals surface area contributed by atoms with Crippen molar-refractivity contribution in [3.8, 4) is 11.5 Å². The van der Waals surface area contributed by atoms with Gasteiger partial charge < -0.3 is 9.67 Å². The molecule has 0 bridgehead atoms. The molecule has 0 unspecified atom stereocenters. The highest BCUT2D eigenvalue weighted by atomic mass is 32.1. The van der Waals surface area contributed by atoms with E-state index in [0.717, 1.165) is 11.0 Å². The smallest absolute Gasteiger partial charge is 0.305 e. The van der Waals surface area contributed by atoms with E-state index in [9.17, 15) is 4.79 Å². The first-order chi connectivity index (χ1) is 9.25. The van der Waals surface area contributed by atoms with Crippen LogP contribution in [0.15, 0.2) is 29.6 Å². The van der Waals surface area contributed by atoms with Gasteiger partial charge in [0.15, 0.2) is 5.82 Å². The average Bonchev–Trinajstić information content (AvgIpc) is 3.03. The second-order valence-corrected chi connectivity index (χ2v) is 4.62. The van der Waals surface area contributed by atoms with Crippen LogP contribution in [0.2, 0.25) is 0 Å². The largest absolute Gasteiger partial charge is 0.481 e. The molecule has 0 saturated heterocycles. The van der Waals surface area contributed by atoms with E-state index in [1.54, 1.807) is 5.38 Å². The fourth-order valence-electron chi connectivity index (χ4n) is 1.97. The summed E-state index contributed by atoms with van der Waals surface area (Å²) in [5.74, 6) is -0.170. The molecule has 1 aromatic carbocycles. The van der Waals surface area contributed by atoms with Crippen molar-refractivity contribution in [3.63, 3.8) is 0 Å². The number of rotatable bonds is 4. The molecule has 2 heterocycles. The number of carboxylic acid groups (broad SMARTS) is 1. The first kappa shape index (κ1) is 11.8. The SMILES string of the molecule is O=C(O)CCn1c(-c2csnn2)nc2ccccc21. The quantitative estimate of drug-likeness (QED) is 0.787. The second-order valence-electron chi connectivity index (χ2n) is 4.01. The van der Waals surface area contributed by atoms with Crippen molar-refractivity contribution < 1.29 is 9.90 Å². The number of carboxylic acids is 1. The summed E-state index contributed by atoms with van der Waals surface area (Å²) in [5, 5.41) is 14.7. The molecule has 0 aliphatic carbocycles. The fourth-order valence-corrected chi connectivity index (χ4v) is 2.40. The lowest BCUT2D eigenvalue weighted by molar-refractivity contribution is -0.137. The third-order valence-corrected chi connectivity index (χ3v) is 3.30. The number of hydrogen-bond donors (Lipinski definition) is 1. The third kappa shape index (κ3) is 2.19. The summed E-state index contributed by atoms with van der Waals surface area (Å²) < 4.78 is 5.70. The van der Waals surface area contributed by atoms with Crippen LogP contribution in [0.3, 0.4) is 0 Å². The normalized spacial score (nSPS) is 10.9. The van der Waals surface area contributed by atoms with Crippen LogP contribution >= 0.6 is 11.5 Å². The molecule has 0 radical (unpaired) electrons. The van der Waals surface area contributed by atoms with Gasteiger partial charge >= 0.3 is 5.97 Å². The lowest BCUT2D eigenvalue weighted by Gasteiger charge is -2.05. The van der Waals surface area contributed by atoms with Gasteiger partial charge in [0.1, 0.15) is 5.69 Å². The van der Waals surface area contributed by atoms with Crippen LogP contribution in [-0.2, 0) is 11.3 Å². The zero-order valence-electron chi connectivity index (χ0n) is 9.85. The van der Waals surface area contributed by atoms with Crippen molar-refractivity contribution in [1.82, 2.24) is 19.1 Å². The summed E-state index contributed by atoms with van der Waals surface area (Å²) in [6.45, 7) is 0.364. The Kier molecular flexibility index (Phi) is 2.96. The molecular formula is C12H10N4O2S. The zero-order valence-corrected chi connectivity index (χ0v) is 10.7. The number of hydrogen-bond acceptors (Lipinski definition) is 5. The van der Waals surface area contributed by atoms with E-state index < -0.39 is 5.97 Å². The molecular weight excluding hydrogens is 264 g/mol. The maximum Gasteiger partial charge on any atom is 0.305 e. The number of imidazole rings is 1. The Morgan fingerprint density at radius 2 is 2.21 bits per heavy atom. The van der Waals surface area contributed by atoms with Crippen LogP contribution < -0.4 is 0 Å². The predicted molar refractivity (Wildman–Crippen MR) is 70.9 cm³/mol. The molecule has 3 aromatic rings. The fraction of sp³-hybridized carbons (Fsp3) is 0.167. The summed E-state index contributed by atoms with van der Waals surface area (Å²) in [4.78, 5) is 15.3. The Labute approximate surface area is 112 Å². The molecule has 3 rings (SSSR count). The van der Waals surface area contributed by atoms with E-state index in [1.165, 1.54) is 11.5 Å². The summed E-state index contributed by atoms with van der Waals surface area (Å²) in [7, 11) is 0. The number of nitrogens with zero attached hydrogens (tertiary/aromatic N) is 4. The number of carbonyl (C=O) groups is 1. The Hall–Kier alpha value is -2.28. The predicted octanol–water partition coefficient (Wildman–Crippen LogP) is 2.03. The van der Waals surface area contributed by atoms with Crippen LogP contribution in [0.5, 0.6) is 0 Å². The molecule has 0 spiro atoms. The van der Waals surface area contributed by atoms with E-state index in [-0.39, 0.29) is 6.42 Å². The average molecular weight is 274 g/mol. The highest BCUT2D eigenvalue weighted by Gasteiger charge is 2.14. The minimum atomic E-state index is -0.833. The van der Waals surface area contributed by atoms with E-state index in [4.69, 9.17) is 5.11 Å².